The van der Waals surface area contributed by atoms with Crippen molar-refractivity contribution >= 4 is 16.9 Å². The van der Waals surface area contributed by atoms with E-state index in [4.69, 9.17) is 4.42 Å². The van der Waals surface area contributed by atoms with Gasteiger partial charge in [-0.05, 0) is 12.1 Å². The minimum Gasteiger partial charge on any atom is -0.432 e. The number of hydrogen-bond acceptors (Lipinski definition) is 2. The summed E-state index contributed by atoms with van der Waals surface area (Å²) in [4.78, 5) is 4.27. The molecule has 2 heterocycles. The first-order valence-corrected chi connectivity index (χ1v) is 3.75. The first-order valence-electron chi connectivity index (χ1n) is 3.75. The Morgan fingerprint density at radius 2 is 2.17 bits per heavy atom. The molecule has 0 unspecified atom stereocenters. The molecule has 3 aromatic rings. The smallest absolute Gasteiger partial charge is 0.306 e. The lowest BCUT2D eigenvalue weighted by Crippen LogP contribution is -1.73. The molecular weight excluding hydrogens is 152 g/mol. The normalized spacial score (nSPS) is 11.3. The second kappa shape index (κ2) is 1.88. The fraction of sp³-hybridized carbons (Fsp3) is 0. The Morgan fingerprint density at radius 3 is 3.17 bits per heavy atom. The Hall–Kier alpha value is -1.77. The molecule has 0 aliphatic heterocycles. The van der Waals surface area contributed by atoms with Gasteiger partial charge in [-0.1, -0.05) is 12.1 Å². The summed E-state index contributed by atoms with van der Waals surface area (Å²) in [5, 5.41) is 0. The highest BCUT2D eigenvalue weighted by molar-refractivity contribution is 5.78. The summed E-state index contributed by atoms with van der Waals surface area (Å²) in [6, 6.07) is 7.95. The molecule has 0 N–H and O–H groups in total. The lowest BCUT2D eigenvalue weighted by molar-refractivity contribution is 0.597. The highest BCUT2D eigenvalue weighted by Crippen LogP contribution is 2.15. The van der Waals surface area contributed by atoms with Gasteiger partial charge in [-0.25, -0.2) is 0 Å². The van der Waals surface area contributed by atoms with Crippen LogP contribution in [0, 0.1) is 0 Å². The Morgan fingerprint density at radius 1 is 1.25 bits per heavy atom. The van der Waals surface area contributed by atoms with Crippen LogP contribution in [0.5, 0.6) is 0 Å². The van der Waals surface area contributed by atoms with Crippen LogP contribution in [-0.2, 0) is 0 Å². The van der Waals surface area contributed by atoms with E-state index in [1.807, 2.05) is 34.9 Å². The zero-order valence-corrected chi connectivity index (χ0v) is 6.27. The van der Waals surface area contributed by atoms with Gasteiger partial charge < -0.3 is 4.42 Å². The molecule has 0 aliphatic carbocycles. The molecule has 58 valence electrons. The van der Waals surface area contributed by atoms with E-state index in [1.54, 1.807) is 6.26 Å². The monoisotopic (exact) mass is 158 g/mol. The Bertz CT molecular complexity index is 534. The van der Waals surface area contributed by atoms with Crippen molar-refractivity contribution in [1.82, 2.24) is 9.38 Å². The van der Waals surface area contributed by atoms with E-state index in [2.05, 4.69) is 4.98 Å². The Labute approximate surface area is 68.2 Å². The second-order valence-electron chi connectivity index (χ2n) is 2.66. The first-order chi connectivity index (χ1) is 5.95. The Balaban J connectivity index is 2.68. The number of oxazole rings is 1. The molecule has 0 aliphatic rings. The van der Waals surface area contributed by atoms with Crippen molar-refractivity contribution < 1.29 is 4.42 Å². The van der Waals surface area contributed by atoms with Gasteiger partial charge in [-0.15, -0.1) is 0 Å². The molecule has 1 aromatic carbocycles. The van der Waals surface area contributed by atoms with Crippen molar-refractivity contribution in [3.05, 3.63) is 36.7 Å². The summed E-state index contributed by atoms with van der Waals surface area (Å²) >= 11 is 0. The van der Waals surface area contributed by atoms with Gasteiger partial charge in [-0.2, -0.15) is 4.98 Å². The maximum Gasteiger partial charge on any atom is 0.306 e. The van der Waals surface area contributed by atoms with E-state index in [9.17, 15) is 0 Å². The minimum absolute atomic E-state index is 0.649. The molecule has 2 aromatic heterocycles. The summed E-state index contributed by atoms with van der Waals surface area (Å²) in [7, 11) is 0. The number of para-hydroxylation sites is 2. The van der Waals surface area contributed by atoms with Crippen LogP contribution in [0.15, 0.2) is 41.1 Å². The molecule has 0 saturated carbocycles. The van der Waals surface area contributed by atoms with E-state index in [1.165, 1.54) is 0 Å². The molecule has 0 spiro atoms. The maximum atomic E-state index is 5.15. The van der Waals surface area contributed by atoms with Gasteiger partial charge in [0.05, 0.1) is 11.0 Å². The van der Waals surface area contributed by atoms with E-state index < -0.39 is 0 Å². The van der Waals surface area contributed by atoms with Gasteiger partial charge in [0, 0.05) is 6.20 Å². The quantitative estimate of drug-likeness (QED) is 0.501. The summed E-state index contributed by atoms with van der Waals surface area (Å²) in [5.74, 6) is 0.649. The fourth-order valence-corrected chi connectivity index (χ4v) is 1.40. The fourth-order valence-electron chi connectivity index (χ4n) is 1.40. The van der Waals surface area contributed by atoms with Crippen molar-refractivity contribution in [2.45, 2.75) is 0 Å². The zero-order chi connectivity index (χ0) is 7.97. The average Bonchev–Trinajstić information content (AvgIpc) is 2.62. The van der Waals surface area contributed by atoms with Gasteiger partial charge in [0.2, 0.25) is 0 Å². The molecule has 12 heavy (non-hydrogen) atoms. The largest absolute Gasteiger partial charge is 0.432 e. The standard InChI is InChI=1S/C9H6N2O/c1-2-4-8-7(3-1)10-9-11(8)5-6-12-9/h1-6H. The molecule has 0 radical (unpaired) electrons. The first kappa shape index (κ1) is 5.83. The van der Waals surface area contributed by atoms with E-state index >= 15 is 0 Å². The molecule has 3 nitrogen and oxygen atoms in total. The highest BCUT2D eigenvalue weighted by Gasteiger charge is 2.03. The number of fused-ring (bicyclic) bond motifs is 3. The highest BCUT2D eigenvalue weighted by atomic mass is 16.3. The number of aromatic nitrogens is 2. The van der Waals surface area contributed by atoms with Crippen molar-refractivity contribution in [2.24, 2.45) is 0 Å². The van der Waals surface area contributed by atoms with Crippen LogP contribution in [0.1, 0.15) is 0 Å². The second-order valence-corrected chi connectivity index (χ2v) is 2.66. The van der Waals surface area contributed by atoms with Crippen LogP contribution in [0.4, 0.5) is 0 Å². The lowest BCUT2D eigenvalue weighted by Gasteiger charge is -1.85. The third-order valence-electron chi connectivity index (χ3n) is 1.95. The van der Waals surface area contributed by atoms with Crippen molar-refractivity contribution in [3.63, 3.8) is 0 Å². The number of nitrogens with zero attached hydrogens (tertiary/aromatic N) is 2. The maximum absolute atomic E-state index is 5.15. The van der Waals surface area contributed by atoms with Crippen LogP contribution in [-0.4, -0.2) is 9.38 Å². The summed E-state index contributed by atoms with van der Waals surface area (Å²) in [5.41, 5.74) is 2.05. The van der Waals surface area contributed by atoms with Gasteiger partial charge in [0.25, 0.3) is 0 Å². The van der Waals surface area contributed by atoms with Gasteiger partial charge in [-0.3, -0.25) is 4.40 Å². The van der Waals surface area contributed by atoms with Gasteiger partial charge in [0.15, 0.2) is 0 Å². The van der Waals surface area contributed by atoms with Crippen LogP contribution < -0.4 is 0 Å². The molecule has 3 heteroatoms. The molecule has 0 saturated heterocycles. The average molecular weight is 158 g/mol. The summed E-state index contributed by atoms with van der Waals surface area (Å²) < 4.78 is 7.08. The molecule has 0 atom stereocenters. The molecule has 0 fully saturated rings. The van der Waals surface area contributed by atoms with Crippen LogP contribution in [0.2, 0.25) is 0 Å². The third-order valence-corrected chi connectivity index (χ3v) is 1.95. The molecule has 0 amide bonds. The van der Waals surface area contributed by atoms with E-state index in [0.29, 0.717) is 5.84 Å². The van der Waals surface area contributed by atoms with Crippen LogP contribution in [0.3, 0.4) is 0 Å². The predicted octanol–water partition coefficient (Wildman–Crippen LogP) is 2.08. The number of rotatable bonds is 0. The van der Waals surface area contributed by atoms with Crippen LogP contribution in [0.25, 0.3) is 16.9 Å². The summed E-state index contributed by atoms with van der Waals surface area (Å²) in [6.45, 7) is 0. The minimum atomic E-state index is 0.649. The van der Waals surface area contributed by atoms with Crippen molar-refractivity contribution in [2.75, 3.05) is 0 Å². The number of hydrogen-bond donors (Lipinski definition) is 0. The van der Waals surface area contributed by atoms with Crippen molar-refractivity contribution in [1.29, 1.82) is 0 Å². The van der Waals surface area contributed by atoms with Gasteiger partial charge >= 0.3 is 5.84 Å². The SMILES string of the molecule is c1ccc2c(c1)nc1occn12. The predicted molar refractivity (Wildman–Crippen MR) is 45.0 cm³/mol. The van der Waals surface area contributed by atoms with Crippen molar-refractivity contribution in [3.8, 4) is 0 Å². The molecular formula is C9H6N2O. The summed E-state index contributed by atoms with van der Waals surface area (Å²) in [6.07, 6.45) is 3.50. The van der Waals surface area contributed by atoms with E-state index in [0.717, 1.165) is 11.0 Å². The zero-order valence-electron chi connectivity index (χ0n) is 6.27. The van der Waals surface area contributed by atoms with E-state index in [-0.39, 0.29) is 0 Å². The topological polar surface area (TPSA) is 30.4 Å². The molecule has 3 rings (SSSR count). The number of benzene rings is 1. The number of imidazole rings is 1. The Kier molecular flexibility index (Phi) is 0.913. The van der Waals surface area contributed by atoms with Crippen LogP contribution >= 0.6 is 0 Å². The third kappa shape index (κ3) is 0.580. The van der Waals surface area contributed by atoms with Gasteiger partial charge in [0.1, 0.15) is 6.26 Å². The lowest BCUT2D eigenvalue weighted by atomic mass is 10.3. The molecule has 0 bridgehead atoms.